The van der Waals surface area contributed by atoms with Crippen LogP contribution in [-0.2, 0) is 19.4 Å². The number of carbonyl (C=O) groups is 1. The lowest BCUT2D eigenvalue weighted by atomic mass is 9.99. The van der Waals surface area contributed by atoms with Crippen LogP contribution in [0.1, 0.15) is 27.9 Å². The van der Waals surface area contributed by atoms with Gasteiger partial charge < -0.3 is 9.47 Å². The predicted octanol–water partition coefficient (Wildman–Crippen LogP) is 3.91. The summed E-state index contributed by atoms with van der Waals surface area (Å²) in [6.07, 6.45) is 4.60. The number of pyridine rings is 1. The highest BCUT2D eigenvalue weighted by atomic mass is 79.9. The van der Waals surface area contributed by atoms with E-state index in [-0.39, 0.29) is 16.9 Å². The van der Waals surface area contributed by atoms with Gasteiger partial charge in [0.1, 0.15) is 5.56 Å². The first kappa shape index (κ1) is 15.8. The van der Waals surface area contributed by atoms with E-state index >= 15 is 0 Å². The number of anilines is 1. The number of carbonyl (C=O) groups excluding carboxylic acids is 1. The van der Waals surface area contributed by atoms with Gasteiger partial charge in [0.05, 0.1) is 5.52 Å². The molecule has 0 atom stereocenters. The summed E-state index contributed by atoms with van der Waals surface area (Å²) in [5.74, 6) is -0.197. The Labute approximate surface area is 159 Å². The zero-order chi connectivity index (χ0) is 17.8. The van der Waals surface area contributed by atoms with E-state index in [0.717, 1.165) is 47.0 Å². The van der Waals surface area contributed by atoms with Crippen molar-refractivity contribution in [1.82, 2.24) is 4.57 Å². The third-order valence-electron chi connectivity index (χ3n) is 5.44. The molecular formula is C21H17BrN2O2. The molecule has 2 aliphatic heterocycles. The van der Waals surface area contributed by atoms with E-state index in [1.807, 2.05) is 30.3 Å². The van der Waals surface area contributed by atoms with Crippen LogP contribution >= 0.6 is 15.9 Å². The van der Waals surface area contributed by atoms with Crippen LogP contribution in [0.3, 0.4) is 0 Å². The lowest BCUT2D eigenvalue weighted by Crippen LogP contribution is -2.34. The maximum atomic E-state index is 13.2. The Balaban J connectivity index is 1.66. The van der Waals surface area contributed by atoms with Gasteiger partial charge in [-0.3, -0.25) is 9.59 Å². The molecule has 0 bridgehead atoms. The van der Waals surface area contributed by atoms with Crippen LogP contribution in [0.5, 0.6) is 0 Å². The Bertz CT molecular complexity index is 1130. The minimum absolute atomic E-state index is 0.157. The van der Waals surface area contributed by atoms with Gasteiger partial charge in [-0.25, -0.2) is 0 Å². The second-order valence-electron chi connectivity index (χ2n) is 6.96. The summed E-state index contributed by atoms with van der Waals surface area (Å²) in [4.78, 5) is 28.0. The second kappa shape index (κ2) is 5.81. The van der Waals surface area contributed by atoms with Crippen LogP contribution in [0.15, 0.2) is 51.9 Å². The average Bonchev–Trinajstić information content (AvgIpc) is 3.07. The number of benzene rings is 2. The van der Waals surface area contributed by atoms with E-state index in [1.165, 1.54) is 5.56 Å². The molecule has 0 aliphatic carbocycles. The normalized spacial score (nSPS) is 15.3. The largest absolute Gasteiger partial charge is 0.346 e. The number of aryl methyl sites for hydroxylation is 2. The van der Waals surface area contributed by atoms with Gasteiger partial charge in [-0.1, -0.05) is 28.1 Å². The smallest absolute Gasteiger partial charge is 0.263 e. The third kappa shape index (κ3) is 2.27. The molecule has 0 spiro atoms. The Hall–Kier alpha value is -2.40. The lowest BCUT2D eigenvalue weighted by molar-refractivity contribution is 0.0988. The maximum Gasteiger partial charge on any atom is 0.263 e. The molecule has 0 fully saturated rings. The van der Waals surface area contributed by atoms with E-state index in [2.05, 4.69) is 26.6 Å². The monoisotopic (exact) mass is 408 g/mol. The van der Waals surface area contributed by atoms with Crippen LogP contribution < -0.4 is 10.3 Å². The summed E-state index contributed by atoms with van der Waals surface area (Å²) in [5, 5.41) is 0.656. The molecule has 4 nitrogen and oxygen atoms in total. The van der Waals surface area contributed by atoms with Gasteiger partial charge >= 0.3 is 0 Å². The summed E-state index contributed by atoms with van der Waals surface area (Å²) in [5.41, 5.74) is 4.34. The van der Waals surface area contributed by atoms with E-state index in [9.17, 15) is 9.59 Å². The number of amides is 1. The van der Waals surface area contributed by atoms with Crippen molar-refractivity contribution in [3.8, 4) is 0 Å². The van der Waals surface area contributed by atoms with Gasteiger partial charge in [-0.2, -0.15) is 0 Å². The molecule has 130 valence electrons. The third-order valence-corrected chi connectivity index (χ3v) is 5.93. The summed E-state index contributed by atoms with van der Waals surface area (Å²) in [6, 6.07) is 11.8. The van der Waals surface area contributed by atoms with E-state index < -0.39 is 0 Å². The fraction of sp³-hybridized carbons (Fsp3) is 0.238. The summed E-state index contributed by atoms with van der Waals surface area (Å²) in [7, 11) is 0. The van der Waals surface area contributed by atoms with Crippen LogP contribution in [0.4, 0.5) is 5.69 Å². The number of aromatic nitrogens is 1. The Morgan fingerprint density at radius 3 is 2.81 bits per heavy atom. The predicted molar refractivity (Wildman–Crippen MR) is 106 cm³/mol. The van der Waals surface area contributed by atoms with Gasteiger partial charge in [0, 0.05) is 34.8 Å². The van der Waals surface area contributed by atoms with Crippen molar-refractivity contribution in [1.29, 1.82) is 0 Å². The zero-order valence-corrected chi connectivity index (χ0v) is 15.8. The molecular weight excluding hydrogens is 392 g/mol. The number of rotatable bonds is 1. The highest BCUT2D eigenvalue weighted by Crippen LogP contribution is 2.32. The van der Waals surface area contributed by atoms with Crippen molar-refractivity contribution in [2.45, 2.75) is 25.8 Å². The van der Waals surface area contributed by atoms with Crippen LogP contribution in [-0.4, -0.2) is 17.0 Å². The number of halogens is 1. The number of hydrogen-bond donors (Lipinski definition) is 0. The molecule has 5 heteroatoms. The molecule has 0 radical (unpaired) electrons. The molecule has 0 unspecified atom stereocenters. The molecule has 0 saturated heterocycles. The van der Waals surface area contributed by atoms with Gasteiger partial charge in [0.15, 0.2) is 0 Å². The van der Waals surface area contributed by atoms with Crippen molar-refractivity contribution in [2.24, 2.45) is 0 Å². The topological polar surface area (TPSA) is 42.3 Å². The Morgan fingerprint density at radius 1 is 1.04 bits per heavy atom. The average molecular weight is 409 g/mol. The van der Waals surface area contributed by atoms with Gasteiger partial charge in [-0.05, 0) is 54.7 Å². The molecule has 2 aliphatic rings. The van der Waals surface area contributed by atoms with Crippen molar-refractivity contribution in [3.05, 3.63) is 74.0 Å². The number of nitrogens with zero attached hydrogens (tertiary/aromatic N) is 2. The van der Waals surface area contributed by atoms with Crippen molar-refractivity contribution in [3.63, 3.8) is 0 Å². The van der Waals surface area contributed by atoms with Gasteiger partial charge in [0.2, 0.25) is 5.43 Å². The second-order valence-corrected chi connectivity index (χ2v) is 7.88. The van der Waals surface area contributed by atoms with Crippen molar-refractivity contribution < 1.29 is 4.79 Å². The molecule has 5 rings (SSSR count). The molecule has 3 heterocycles. The van der Waals surface area contributed by atoms with E-state index in [1.54, 1.807) is 11.1 Å². The molecule has 0 saturated carbocycles. The fourth-order valence-corrected chi connectivity index (χ4v) is 4.64. The quantitative estimate of drug-likeness (QED) is 0.612. The van der Waals surface area contributed by atoms with Crippen molar-refractivity contribution >= 4 is 38.4 Å². The van der Waals surface area contributed by atoms with Gasteiger partial charge in [-0.15, -0.1) is 0 Å². The molecule has 26 heavy (non-hydrogen) atoms. The van der Waals surface area contributed by atoms with Crippen LogP contribution in [0.25, 0.3) is 10.9 Å². The highest BCUT2D eigenvalue weighted by molar-refractivity contribution is 9.10. The number of para-hydroxylation sites is 1. The highest BCUT2D eigenvalue weighted by Gasteiger charge is 2.28. The Kier molecular flexibility index (Phi) is 3.54. The maximum absolute atomic E-state index is 13.2. The van der Waals surface area contributed by atoms with E-state index in [4.69, 9.17) is 0 Å². The summed E-state index contributed by atoms with van der Waals surface area (Å²) < 4.78 is 3.09. The number of hydrogen-bond acceptors (Lipinski definition) is 2. The minimum Gasteiger partial charge on any atom is -0.346 e. The standard InChI is InChI=1S/C21H17BrN2O2/c22-15-6-7-18-14(11-15)8-10-24(18)21(26)17-12-23-9-2-4-13-3-1-5-16(19(13)23)20(17)25/h1,3,5-7,11-12H,2,4,8-10H2. The lowest BCUT2D eigenvalue weighted by Gasteiger charge is -2.22. The summed E-state index contributed by atoms with van der Waals surface area (Å²) >= 11 is 3.48. The molecule has 1 amide bonds. The Morgan fingerprint density at radius 2 is 1.92 bits per heavy atom. The minimum atomic E-state index is -0.197. The fourth-order valence-electron chi connectivity index (χ4n) is 4.23. The first-order valence-corrected chi connectivity index (χ1v) is 9.68. The van der Waals surface area contributed by atoms with Crippen LogP contribution in [0, 0.1) is 0 Å². The summed E-state index contributed by atoms with van der Waals surface area (Å²) in [6.45, 7) is 1.46. The molecule has 3 aromatic rings. The molecule has 2 aromatic carbocycles. The van der Waals surface area contributed by atoms with Crippen molar-refractivity contribution in [2.75, 3.05) is 11.4 Å². The zero-order valence-electron chi connectivity index (χ0n) is 14.2. The van der Waals surface area contributed by atoms with Crippen LogP contribution in [0.2, 0.25) is 0 Å². The number of fused-ring (bicyclic) bond motifs is 1. The molecule has 0 N–H and O–H groups in total. The molecule has 1 aromatic heterocycles. The first-order chi connectivity index (χ1) is 12.6. The first-order valence-electron chi connectivity index (χ1n) is 8.89. The SMILES string of the molecule is O=C(c1cn2c3c(cccc3c1=O)CCC2)N1CCc2cc(Br)ccc21. The van der Waals surface area contributed by atoms with Gasteiger partial charge in [0.25, 0.3) is 5.91 Å². The van der Waals surface area contributed by atoms with E-state index in [0.29, 0.717) is 11.9 Å².